The number of rotatable bonds is 5. The predicted molar refractivity (Wildman–Crippen MR) is 211 cm³/mol. The van der Waals surface area contributed by atoms with Crippen LogP contribution in [0, 0.1) is 0 Å². The van der Waals surface area contributed by atoms with E-state index in [4.69, 9.17) is 0 Å². The van der Waals surface area contributed by atoms with E-state index < -0.39 is 0 Å². The zero-order chi connectivity index (χ0) is 32.3. The Morgan fingerprint density at radius 3 is 1.86 bits per heavy atom. The molecular weight excluding hydrogens is 613 g/mol. The highest BCUT2D eigenvalue weighted by molar-refractivity contribution is 7.26. The Morgan fingerprint density at radius 1 is 0.388 bits per heavy atom. The molecule has 10 rings (SSSR count). The molecule has 2 heterocycles. The zero-order valence-corrected chi connectivity index (χ0v) is 27.4. The van der Waals surface area contributed by atoms with Gasteiger partial charge in [0.05, 0.1) is 28.1 Å². The van der Waals surface area contributed by atoms with Crippen LogP contribution in [0.15, 0.2) is 182 Å². The van der Waals surface area contributed by atoms with Gasteiger partial charge >= 0.3 is 0 Å². The highest BCUT2D eigenvalue weighted by atomic mass is 32.1. The van der Waals surface area contributed by atoms with Crippen molar-refractivity contribution in [1.29, 1.82) is 0 Å². The quantitative estimate of drug-likeness (QED) is 0.181. The van der Waals surface area contributed by atoms with Gasteiger partial charge in [0, 0.05) is 53.0 Å². The third kappa shape index (κ3) is 4.33. The van der Waals surface area contributed by atoms with Crippen molar-refractivity contribution in [3.05, 3.63) is 182 Å². The minimum Gasteiger partial charge on any atom is -0.309 e. The second-order valence-corrected chi connectivity index (χ2v) is 13.5. The third-order valence-corrected chi connectivity index (χ3v) is 11.0. The molecular formula is C46H30N2S. The van der Waals surface area contributed by atoms with Gasteiger partial charge in [0.15, 0.2) is 0 Å². The fourth-order valence-electron chi connectivity index (χ4n) is 7.68. The number of para-hydroxylation sites is 3. The SMILES string of the molecule is c1ccc(-c2ccccc2N(c2cccc3c2ccc2c4ccccc4sc32)c2cccc3c2c2ccccc2n3-c2ccccc2)cc1. The summed E-state index contributed by atoms with van der Waals surface area (Å²) >= 11 is 1.89. The number of aromatic nitrogens is 1. The summed E-state index contributed by atoms with van der Waals surface area (Å²) in [5.41, 5.74) is 9.35. The Morgan fingerprint density at radius 2 is 0.980 bits per heavy atom. The molecule has 2 nitrogen and oxygen atoms in total. The molecule has 0 saturated carbocycles. The molecule has 0 amide bonds. The summed E-state index contributed by atoms with van der Waals surface area (Å²) in [4.78, 5) is 2.51. The van der Waals surface area contributed by atoms with Crippen LogP contribution in [0.2, 0.25) is 0 Å². The van der Waals surface area contributed by atoms with Crippen molar-refractivity contribution >= 4 is 81.1 Å². The third-order valence-electron chi connectivity index (χ3n) is 9.78. The molecule has 0 aliphatic rings. The van der Waals surface area contributed by atoms with Crippen LogP contribution in [-0.4, -0.2) is 4.57 Å². The van der Waals surface area contributed by atoms with Crippen LogP contribution in [0.1, 0.15) is 0 Å². The molecule has 0 saturated heterocycles. The van der Waals surface area contributed by atoms with Gasteiger partial charge in [-0.25, -0.2) is 0 Å². The highest BCUT2D eigenvalue weighted by Crippen LogP contribution is 2.49. The second kappa shape index (κ2) is 11.2. The number of fused-ring (bicyclic) bond motifs is 8. The monoisotopic (exact) mass is 642 g/mol. The van der Waals surface area contributed by atoms with E-state index in [0.29, 0.717) is 0 Å². The maximum absolute atomic E-state index is 2.51. The summed E-state index contributed by atoms with van der Waals surface area (Å²) in [5, 5.41) is 7.59. The fraction of sp³-hybridized carbons (Fsp3) is 0. The summed E-state index contributed by atoms with van der Waals surface area (Å²) in [6.45, 7) is 0. The van der Waals surface area contributed by atoms with Gasteiger partial charge in [0.1, 0.15) is 0 Å². The summed E-state index contributed by atoms with van der Waals surface area (Å²) < 4.78 is 5.05. The summed E-state index contributed by atoms with van der Waals surface area (Å²) in [7, 11) is 0. The average molecular weight is 643 g/mol. The molecule has 0 atom stereocenters. The van der Waals surface area contributed by atoms with Crippen LogP contribution in [0.5, 0.6) is 0 Å². The van der Waals surface area contributed by atoms with E-state index in [-0.39, 0.29) is 0 Å². The zero-order valence-electron chi connectivity index (χ0n) is 26.6. The molecule has 49 heavy (non-hydrogen) atoms. The van der Waals surface area contributed by atoms with Gasteiger partial charge < -0.3 is 9.47 Å². The number of benzene rings is 8. The summed E-state index contributed by atoms with van der Waals surface area (Å²) in [6, 6.07) is 66.1. The van der Waals surface area contributed by atoms with Crippen molar-refractivity contribution in [3.63, 3.8) is 0 Å². The molecule has 0 unspecified atom stereocenters. The van der Waals surface area contributed by atoms with Crippen LogP contribution >= 0.6 is 11.3 Å². The van der Waals surface area contributed by atoms with E-state index in [0.717, 1.165) is 22.7 Å². The minimum absolute atomic E-state index is 1.14. The van der Waals surface area contributed by atoms with Crippen molar-refractivity contribution in [2.45, 2.75) is 0 Å². The van der Waals surface area contributed by atoms with E-state index in [1.165, 1.54) is 63.9 Å². The van der Waals surface area contributed by atoms with Gasteiger partial charge in [0.2, 0.25) is 0 Å². The molecule has 0 spiro atoms. The smallest absolute Gasteiger partial charge is 0.0562 e. The first-order valence-electron chi connectivity index (χ1n) is 16.7. The lowest BCUT2D eigenvalue weighted by Gasteiger charge is -2.30. The minimum atomic E-state index is 1.14. The molecule has 0 aliphatic carbocycles. The number of hydrogen-bond acceptors (Lipinski definition) is 2. The molecule has 2 aromatic heterocycles. The van der Waals surface area contributed by atoms with E-state index in [2.05, 4.69) is 191 Å². The van der Waals surface area contributed by atoms with Gasteiger partial charge in [-0.2, -0.15) is 0 Å². The van der Waals surface area contributed by atoms with Crippen molar-refractivity contribution in [1.82, 2.24) is 4.57 Å². The van der Waals surface area contributed by atoms with E-state index in [1.807, 2.05) is 11.3 Å². The summed E-state index contributed by atoms with van der Waals surface area (Å²) in [6.07, 6.45) is 0. The van der Waals surface area contributed by atoms with Crippen LogP contribution in [0.4, 0.5) is 17.1 Å². The maximum Gasteiger partial charge on any atom is 0.0562 e. The van der Waals surface area contributed by atoms with Gasteiger partial charge in [-0.05, 0) is 54.1 Å². The van der Waals surface area contributed by atoms with Crippen molar-refractivity contribution in [3.8, 4) is 16.8 Å². The lowest BCUT2D eigenvalue weighted by atomic mass is 9.99. The normalized spacial score (nSPS) is 11.7. The van der Waals surface area contributed by atoms with Gasteiger partial charge in [0.25, 0.3) is 0 Å². The lowest BCUT2D eigenvalue weighted by molar-refractivity contribution is 1.18. The predicted octanol–water partition coefficient (Wildman–Crippen LogP) is 13.4. The van der Waals surface area contributed by atoms with E-state index in [9.17, 15) is 0 Å². The topological polar surface area (TPSA) is 8.17 Å². The van der Waals surface area contributed by atoms with Crippen LogP contribution < -0.4 is 4.90 Å². The lowest BCUT2D eigenvalue weighted by Crippen LogP contribution is -2.12. The molecule has 10 aromatic rings. The first-order chi connectivity index (χ1) is 24.3. The Bertz CT molecular complexity index is 2830. The van der Waals surface area contributed by atoms with Crippen LogP contribution in [0.25, 0.3) is 69.6 Å². The molecule has 0 N–H and O–H groups in total. The van der Waals surface area contributed by atoms with Gasteiger partial charge in [-0.3, -0.25) is 0 Å². The van der Waals surface area contributed by atoms with Crippen molar-refractivity contribution < 1.29 is 0 Å². The Labute approximate surface area is 288 Å². The second-order valence-electron chi connectivity index (χ2n) is 12.5. The van der Waals surface area contributed by atoms with E-state index >= 15 is 0 Å². The molecule has 0 aliphatic heterocycles. The summed E-state index contributed by atoms with van der Waals surface area (Å²) in [5.74, 6) is 0. The Balaban J connectivity index is 1.33. The molecule has 8 aromatic carbocycles. The van der Waals surface area contributed by atoms with Gasteiger partial charge in [-0.1, -0.05) is 133 Å². The standard InChI is InChI=1S/C46H30N2S/c1-3-15-31(16-4-1)33-19-7-10-23-39(33)48(40-25-13-22-36-34(40)29-30-37-35-20-9-12-28-44(35)49-46(36)37)43-27-14-26-42-45(43)38-21-8-11-24-41(38)47(42)32-17-5-2-6-18-32/h1-30H. The van der Waals surface area contributed by atoms with E-state index in [1.54, 1.807) is 0 Å². The Kier molecular flexibility index (Phi) is 6.39. The molecule has 3 heteroatoms. The number of thiophene rings is 1. The molecule has 0 radical (unpaired) electrons. The number of anilines is 3. The first-order valence-corrected chi connectivity index (χ1v) is 17.5. The van der Waals surface area contributed by atoms with Crippen LogP contribution in [-0.2, 0) is 0 Å². The van der Waals surface area contributed by atoms with Gasteiger partial charge in [-0.15, -0.1) is 11.3 Å². The largest absolute Gasteiger partial charge is 0.309 e. The van der Waals surface area contributed by atoms with Crippen molar-refractivity contribution in [2.75, 3.05) is 4.90 Å². The highest BCUT2D eigenvalue weighted by Gasteiger charge is 2.24. The first kappa shape index (κ1) is 27.9. The van der Waals surface area contributed by atoms with Crippen molar-refractivity contribution in [2.24, 2.45) is 0 Å². The maximum atomic E-state index is 2.51. The van der Waals surface area contributed by atoms with Crippen LogP contribution in [0.3, 0.4) is 0 Å². The molecule has 230 valence electrons. The number of nitrogens with zero attached hydrogens (tertiary/aromatic N) is 2. The molecule has 0 fully saturated rings. The Hall–Kier alpha value is -6.16. The average Bonchev–Trinajstić information content (AvgIpc) is 3.73. The fourth-order valence-corrected chi connectivity index (χ4v) is 8.91. The number of hydrogen-bond donors (Lipinski definition) is 0. The molecule has 0 bridgehead atoms.